The van der Waals surface area contributed by atoms with E-state index in [1.807, 2.05) is 12.1 Å². The summed E-state index contributed by atoms with van der Waals surface area (Å²) in [5.41, 5.74) is 0.961. The van der Waals surface area contributed by atoms with E-state index in [0.717, 1.165) is 4.90 Å². The third-order valence-corrected chi connectivity index (χ3v) is 4.99. The van der Waals surface area contributed by atoms with Gasteiger partial charge < -0.3 is 14.9 Å². The number of rotatable bonds is 4. The number of carboxylic acids is 1. The first-order valence-corrected chi connectivity index (χ1v) is 8.05. The Morgan fingerprint density at radius 3 is 2.75 bits per heavy atom. The Balaban J connectivity index is 2.08. The van der Waals surface area contributed by atoms with Crippen molar-refractivity contribution < 1.29 is 24.5 Å². The number of nitrogens with zero attached hydrogens (tertiary/aromatic N) is 1. The number of carboxylic acid groups (broad SMARTS) is 1. The molecule has 1 aliphatic rings. The van der Waals surface area contributed by atoms with Gasteiger partial charge in [0.1, 0.15) is 23.3 Å². The predicted molar refractivity (Wildman–Crippen MR) is 89.7 cm³/mol. The number of aromatic hydroxyl groups is 1. The molecule has 1 atom stereocenters. The van der Waals surface area contributed by atoms with Crippen LogP contribution in [0.1, 0.15) is 10.8 Å². The monoisotopic (exact) mass is 345 g/mol. The fourth-order valence-electron chi connectivity index (χ4n) is 2.58. The van der Waals surface area contributed by atoms with Gasteiger partial charge in [0.2, 0.25) is 5.91 Å². The molecule has 124 valence electrons. The minimum Gasteiger partial charge on any atom is -0.508 e. The Kier molecular flexibility index (Phi) is 4.35. The van der Waals surface area contributed by atoms with Gasteiger partial charge in [0.25, 0.3) is 0 Å². The molecular formula is C17H15NO5S. The van der Waals surface area contributed by atoms with Crippen LogP contribution in [0.5, 0.6) is 11.5 Å². The molecule has 2 aromatic carbocycles. The molecular weight excluding hydrogens is 330 g/mol. The van der Waals surface area contributed by atoms with Crippen molar-refractivity contribution in [3.8, 4) is 11.5 Å². The van der Waals surface area contributed by atoms with Crippen LogP contribution in [0, 0.1) is 0 Å². The lowest BCUT2D eigenvalue weighted by molar-refractivity contribution is -0.136. The lowest BCUT2D eigenvalue weighted by Gasteiger charge is -2.33. The molecule has 2 N–H and O–H groups in total. The van der Waals surface area contributed by atoms with Crippen LogP contribution in [0.25, 0.3) is 0 Å². The van der Waals surface area contributed by atoms with E-state index >= 15 is 0 Å². The van der Waals surface area contributed by atoms with E-state index in [4.69, 9.17) is 9.84 Å². The third-order valence-electron chi connectivity index (χ3n) is 3.70. The molecule has 0 saturated carbocycles. The van der Waals surface area contributed by atoms with Gasteiger partial charge in [-0.1, -0.05) is 12.1 Å². The van der Waals surface area contributed by atoms with Crippen LogP contribution in [-0.4, -0.2) is 35.7 Å². The SMILES string of the molecule is COc1ccc(O)c(C2Sc3ccccc3N(CC(=O)O)C2=O)c1. The maximum Gasteiger partial charge on any atom is 0.323 e. The first kappa shape index (κ1) is 16.2. The zero-order chi connectivity index (χ0) is 17.3. The molecule has 1 aliphatic heterocycles. The lowest BCUT2D eigenvalue weighted by atomic mass is 10.1. The standard InChI is InChI=1S/C17H15NO5S/c1-23-10-6-7-13(19)11(8-10)16-17(22)18(9-15(20)21)12-4-2-3-5-14(12)24-16/h2-8,16,19H,9H2,1H3,(H,20,21). The highest BCUT2D eigenvalue weighted by molar-refractivity contribution is 8.00. The van der Waals surface area contributed by atoms with Gasteiger partial charge in [-0.15, -0.1) is 11.8 Å². The second kappa shape index (κ2) is 6.45. The average Bonchev–Trinajstić information content (AvgIpc) is 2.57. The number of benzene rings is 2. The Morgan fingerprint density at radius 2 is 2.04 bits per heavy atom. The predicted octanol–water partition coefficient (Wildman–Crippen LogP) is 2.67. The first-order valence-electron chi connectivity index (χ1n) is 7.17. The van der Waals surface area contributed by atoms with E-state index < -0.39 is 17.8 Å². The highest BCUT2D eigenvalue weighted by Crippen LogP contribution is 2.48. The highest BCUT2D eigenvalue weighted by Gasteiger charge is 2.36. The third kappa shape index (κ3) is 2.90. The van der Waals surface area contributed by atoms with Gasteiger partial charge in [-0.05, 0) is 30.3 Å². The van der Waals surface area contributed by atoms with Crippen LogP contribution in [0.3, 0.4) is 0 Å². The topological polar surface area (TPSA) is 87.1 Å². The molecule has 1 amide bonds. The van der Waals surface area contributed by atoms with Crippen molar-refractivity contribution >= 4 is 29.3 Å². The number of para-hydroxylation sites is 1. The second-order valence-electron chi connectivity index (χ2n) is 5.21. The number of methoxy groups -OCH3 is 1. The lowest BCUT2D eigenvalue weighted by Crippen LogP contribution is -2.40. The molecule has 0 saturated heterocycles. The molecule has 0 aliphatic carbocycles. The van der Waals surface area contributed by atoms with Crippen molar-refractivity contribution in [1.82, 2.24) is 0 Å². The number of ether oxygens (including phenoxy) is 1. The summed E-state index contributed by atoms with van der Waals surface area (Å²) in [5, 5.41) is 18.6. The minimum atomic E-state index is -1.10. The molecule has 7 heteroatoms. The molecule has 1 heterocycles. The van der Waals surface area contributed by atoms with E-state index in [1.54, 1.807) is 24.3 Å². The van der Waals surface area contributed by atoms with Crippen LogP contribution in [-0.2, 0) is 9.59 Å². The van der Waals surface area contributed by atoms with Gasteiger partial charge in [-0.2, -0.15) is 0 Å². The van der Waals surface area contributed by atoms with Crippen LogP contribution in [0.2, 0.25) is 0 Å². The van der Waals surface area contributed by atoms with Crippen molar-refractivity contribution in [1.29, 1.82) is 0 Å². The number of thioether (sulfide) groups is 1. The van der Waals surface area contributed by atoms with Crippen molar-refractivity contribution in [2.45, 2.75) is 10.1 Å². The summed E-state index contributed by atoms with van der Waals surface area (Å²) in [4.78, 5) is 26.0. The Bertz CT molecular complexity index is 807. The van der Waals surface area contributed by atoms with Crippen molar-refractivity contribution in [2.75, 3.05) is 18.6 Å². The van der Waals surface area contributed by atoms with Crippen LogP contribution in [0.4, 0.5) is 5.69 Å². The van der Waals surface area contributed by atoms with E-state index in [1.165, 1.54) is 29.8 Å². The molecule has 6 nitrogen and oxygen atoms in total. The fourth-order valence-corrected chi connectivity index (χ4v) is 3.84. The Morgan fingerprint density at radius 1 is 1.29 bits per heavy atom. The molecule has 1 unspecified atom stereocenters. The average molecular weight is 345 g/mol. The van der Waals surface area contributed by atoms with Gasteiger partial charge in [0, 0.05) is 10.5 Å². The highest BCUT2D eigenvalue weighted by atomic mass is 32.2. The van der Waals surface area contributed by atoms with E-state index in [2.05, 4.69) is 0 Å². The normalized spacial score (nSPS) is 16.6. The van der Waals surface area contributed by atoms with E-state index in [9.17, 15) is 14.7 Å². The number of hydrogen-bond donors (Lipinski definition) is 2. The van der Waals surface area contributed by atoms with Crippen LogP contribution >= 0.6 is 11.8 Å². The summed E-state index contributed by atoms with van der Waals surface area (Å²) < 4.78 is 5.16. The number of anilines is 1. The molecule has 2 aromatic rings. The van der Waals surface area contributed by atoms with Crippen LogP contribution < -0.4 is 9.64 Å². The molecule has 3 rings (SSSR count). The number of phenols is 1. The molecule has 0 radical (unpaired) electrons. The van der Waals surface area contributed by atoms with E-state index in [0.29, 0.717) is 17.0 Å². The molecule has 0 aromatic heterocycles. The van der Waals surface area contributed by atoms with E-state index in [-0.39, 0.29) is 11.7 Å². The van der Waals surface area contributed by atoms with Gasteiger partial charge in [0.05, 0.1) is 12.8 Å². The minimum absolute atomic E-state index is 0.0312. The summed E-state index contributed by atoms with van der Waals surface area (Å²) in [6.45, 7) is -0.433. The zero-order valence-electron chi connectivity index (χ0n) is 12.8. The van der Waals surface area contributed by atoms with Crippen molar-refractivity contribution in [3.63, 3.8) is 0 Å². The Hall–Kier alpha value is -2.67. The second-order valence-corrected chi connectivity index (χ2v) is 6.36. The largest absolute Gasteiger partial charge is 0.508 e. The number of hydrogen-bond acceptors (Lipinski definition) is 5. The fraction of sp³-hybridized carbons (Fsp3) is 0.176. The number of phenolic OH excluding ortho intramolecular Hbond substituents is 1. The quantitative estimate of drug-likeness (QED) is 0.886. The number of fused-ring (bicyclic) bond motifs is 1. The van der Waals surface area contributed by atoms with Gasteiger partial charge >= 0.3 is 5.97 Å². The molecule has 0 fully saturated rings. The molecule has 0 bridgehead atoms. The van der Waals surface area contributed by atoms with Crippen molar-refractivity contribution in [2.24, 2.45) is 0 Å². The maximum atomic E-state index is 12.9. The van der Waals surface area contributed by atoms with Gasteiger partial charge in [-0.25, -0.2) is 0 Å². The number of carbonyl (C=O) groups is 2. The number of aliphatic carboxylic acids is 1. The molecule has 24 heavy (non-hydrogen) atoms. The summed E-state index contributed by atoms with van der Waals surface area (Å²) in [6, 6.07) is 11.8. The first-order chi connectivity index (χ1) is 11.5. The number of carbonyl (C=O) groups excluding carboxylic acids is 1. The van der Waals surface area contributed by atoms with Crippen molar-refractivity contribution in [3.05, 3.63) is 48.0 Å². The number of amides is 1. The Labute approximate surface area is 142 Å². The van der Waals surface area contributed by atoms with Crippen LogP contribution in [0.15, 0.2) is 47.4 Å². The summed E-state index contributed by atoms with van der Waals surface area (Å²) in [7, 11) is 1.50. The zero-order valence-corrected chi connectivity index (χ0v) is 13.6. The van der Waals surface area contributed by atoms with Gasteiger partial charge in [-0.3, -0.25) is 14.5 Å². The summed E-state index contributed by atoms with van der Waals surface area (Å²) in [6.07, 6.45) is 0. The summed E-state index contributed by atoms with van der Waals surface area (Å²) >= 11 is 1.28. The molecule has 0 spiro atoms. The summed E-state index contributed by atoms with van der Waals surface area (Å²) in [5.74, 6) is -1.00. The maximum absolute atomic E-state index is 12.9. The van der Waals surface area contributed by atoms with Gasteiger partial charge in [0.15, 0.2) is 0 Å². The smallest absolute Gasteiger partial charge is 0.323 e.